The van der Waals surface area contributed by atoms with Gasteiger partial charge in [0.15, 0.2) is 0 Å². The lowest BCUT2D eigenvalue weighted by molar-refractivity contribution is 0.305. The Balaban J connectivity index is 3.06. The van der Waals surface area contributed by atoms with Gasteiger partial charge >= 0.3 is 0 Å². The molecule has 96 valence electrons. The van der Waals surface area contributed by atoms with Crippen molar-refractivity contribution in [3.63, 3.8) is 0 Å². The molecule has 0 spiro atoms. The minimum atomic E-state index is -0.282. The number of nitrogens with one attached hydrogen (secondary N) is 1. The van der Waals surface area contributed by atoms with Gasteiger partial charge in [0, 0.05) is 5.56 Å². The van der Waals surface area contributed by atoms with Gasteiger partial charge in [-0.25, -0.2) is 4.39 Å². The van der Waals surface area contributed by atoms with E-state index in [0.29, 0.717) is 5.75 Å². The molecule has 0 saturated carbocycles. The molecular formula is C13H21FN2O. The number of nitrogens with two attached hydrogens (primary N) is 1. The summed E-state index contributed by atoms with van der Waals surface area (Å²) in [5.74, 6) is 5.93. The molecule has 0 saturated heterocycles. The van der Waals surface area contributed by atoms with E-state index >= 15 is 0 Å². The van der Waals surface area contributed by atoms with Crippen LogP contribution in [0.1, 0.15) is 38.8 Å². The van der Waals surface area contributed by atoms with Crippen LogP contribution >= 0.6 is 0 Å². The molecule has 0 aliphatic carbocycles. The standard InChI is InChI=1S/C13H21FN2O/c1-13(2,3)8-11(16-15)10-7-9(14)5-6-12(10)17-4/h5-7,11,16H,8,15H2,1-4H3. The minimum absolute atomic E-state index is 0.0916. The molecule has 0 bridgehead atoms. The first-order valence-corrected chi connectivity index (χ1v) is 5.67. The van der Waals surface area contributed by atoms with Crippen LogP contribution in [0.4, 0.5) is 4.39 Å². The summed E-state index contributed by atoms with van der Waals surface area (Å²) in [5.41, 5.74) is 3.58. The summed E-state index contributed by atoms with van der Waals surface area (Å²) in [5, 5.41) is 0. The molecule has 0 fully saturated rings. The largest absolute Gasteiger partial charge is 0.496 e. The average Bonchev–Trinajstić information content (AvgIpc) is 2.24. The van der Waals surface area contributed by atoms with Crippen LogP contribution < -0.4 is 16.0 Å². The van der Waals surface area contributed by atoms with E-state index in [2.05, 4.69) is 26.2 Å². The van der Waals surface area contributed by atoms with Crippen LogP contribution in [0, 0.1) is 11.2 Å². The predicted octanol–water partition coefficient (Wildman–Crippen LogP) is 2.77. The first-order chi connectivity index (χ1) is 7.87. The first-order valence-electron chi connectivity index (χ1n) is 5.67. The van der Waals surface area contributed by atoms with Gasteiger partial charge in [-0.05, 0) is 30.0 Å². The predicted molar refractivity (Wildman–Crippen MR) is 67.1 cm³/mol. The molecular weight excluding hydrogens is 219 g/mol. The summed E-state index contributed by atoms with van der Waals surface area (Å²) in [6, 6.07) is 4.35. The van der Waals surface area contributed by atoms with E-state index in [1.165, 1.54) is 12.1 Å². The highest BCUT2D eigenvalue weighted by atomic mass is 19.1. The normalized spacial score (nSPS) is 13.5. The fraction of sp³-hybridized carbons (Fsp3) is 0.538. The van der Waals surface area contributed by atoms with E-state index in [1.807, 2.05) is 0 Å². The van der Waals surface area contributed by atoms with Crippen molar-refractivity contribution in [2.75, 3.05) is 7.11 Å². The highest BCUT2D eigenvalue weighted by Gasteiger charge is 2.22. The highest BCUT2D eigenvalue weighted by molar-refractivity contribution is 5.36. The number of hydrogen-bond acceptors (Lipinski definition) is 3. The van der Waals surface area contributed by atoms with Crippen molar-refractivity contribution in [3.05, 3.63) is 29.6 Å². The maximum absolute atomic E-state index is 13.3. The van der Waals surface area contributed by atoms with Gasteiger partial charge in [0.2, 0.25) is 0 Å². The monoisotopic (exact) mass is 240 g/mol. The molecule has 0 radical (unpaired) electrons. The molecule has 4 heteroatoms. The fourth-order valence-corrected chi connectivity index (χ4v) is 1.85. The van der Waals surface area contributed by atoms with Crippen LogP contribution in [0.25, 0.3) is 0 Å². The zero-order valence-electron chi connectivity index (χ0n) is 10.9. The smallest absolute Gasteiger partial charge is 0.123 e. The van der Waals surface area contributed by atoms with E-state index in [-0.39, 0.29) is 17.3 Å². The molecule has 3 nitrogen and oxygen atoms in total. The fourth-order valence-electron chi connectivity index (χ4n) is 1.85. The van der Waals surface area contributed by atoms with Crippen molar-refractivity contribution in [1.29, 1.82) is 0 Å². The second-order valence-electron chi connectivity index (χ2n) is 5.37. The van der Waals surface area contributed by atoms with Crippen LogP contribution in [0.15, 0.2) is 18.2 Å². The second-order valence-corrected chi connectivity index (χ2v) is 5.37. The van der Waals surface area contributed by atoms with Crippen LogP contribution in [-0.2, 0) is 0 Å². The molecule has 0 aromatic heterocycles. The van der Waals surface area contributed by atoms with Gasteiger partial charge in [-0.1, -0.05) is 20.8 Å². The van der Waals surface area contributed by atoms with Gasteiger partial charge in [0.25, 0.3) is 0 Å². The van der Waals surface area contributed by atoms with Crippen LogP contribution in [0.2, 0.25) is 0 Å². The lowest BCUT2D eigenvalue weighted by Gasteiger charge is -2.26. The third-order valence-electron chi connectivity index (χ3n) is 2.58. The number of hydrogen-bond donors (Lipinski definition) is 2. The third kappa shape index (κ3) is 3.98. The van der Waals surface area contributed by atoms with Gasteiger partial charge in [-0.2, -0.15) is 0 Å². The van der Waals surface area contributed by atoms with Gasteiger partial charge in [-0.15, -0.1) is 0 Å². The molecule has 17 heavy (non-hydrogen) atoms. The SMILES string of the molecule is COc1ccc(F)cc1C(CC(C)(C)C)NN. The Morgan fingerprint density at radius 3 is 2.53 bits per heavy atom. The lowest BCUT2D eigenvalue weighted by atomic mass is 9.85. The Bertz CT molecular complexity index is 374. The molecule has 0 aliphatic heterocycles. The Hall–Kier alpha value is -1.13. The molecule has 1 unspecified atom stereocenters. The maximum Gasteiger partial charge on any atom is 0.123 e. The Labute approximate surface area is 102 Å². The topological polar surface area (TPSA) is 47.3 Å². The molecule has 0 aliphatic rings. The van der Waals surface area contributed by atoms with Crippen molar-refractivity contribution in [2.24, 2.45) is 11.3 Å². The van der Waals surface area contributed by atoms with E-state index in [9.17, 15) is 4.39 Å². The van der Waals surface area contributed by atoms with Crippen LogP contribution in [0.3, 0.4) is 0 Å². The molecule has 0 amide bonds. The molecule has 1 atom stereocenters. The lowest BCUT2D eigenvalue weighted by Crippen LogP contribution is -2.31. The van der Waals surface area contributed by atoms with E-state index in [1.54, 1.807) is 13.2 Å². The zero-order valence-corrected chi connectivity index (χ0v) is 10.9. The number of rotatable bonds is 4. The zero-order chi connectivity index (χ0) is 13.1. The Morgan fingerprint density at radius 2 is 2.06 bits per heavy atom. The summed E-state index contributed by atoms with van der Waals surface area (Å²) < 4.78 is 18.5. The molecule has 1 aromatic carbocycles. The van der Waals surface area contributed by atoms with Crippen molar-refractivity contribution in [2.45, 2.75) is 33.2 Å². The number of halogens is 1. The number of ether oxygens (including phenoxy) is 1. The Morgan fingerprint density at radius 1 is 1.41 bits per heavy atom. The quantitative estimate of drug-likeness (QED) is 0.628. The third-order valence-corrected chi connectivity index (χ3v) is 2.58. The molecule has 3 N–H and O–H groups in total. The number of benzene rings is 1. The van der Waals surface area contributed by atoms with Crippen molar-refractivity contribution in [3.8, 4) is 5.75 Å². The summed E-state index contributed by atoms with van der Waals surface area (Å²) in [4.78, 5) is 0. The van der Waals surface area contributed by atoms with Gasteiger partial charge in [0.05, 0.1) is 13.2 Å². The first kappa shape index (κ1) is 13.9. The highest BCUT2D eigenvalue weighted by Crippen LogP contribution is 2.33. The van der Waals surface area contributed by atoms with Gasteiger partial charge < -0.3 is 4.74 Å². The van der Waals surface area contributed by atoms with Crippen LogP contribution in [-0.4, -0.2) is 7.11 Å². The molecule has 0 heterocycles. The minimum Gasteiger partial charge on any atom is -0.496 e. The second kappa shape index (κ2) is 5.47. The maximum atomic E-state index is 13.3. The average molecular weight is 240 g/mol. The van der Waals surface area contributed by atoms with Gasteiger partial charge in [0.1, 0.15) is 11.6 Å². The van der Waals surface area contributed by atoms with Crippen molar-refractivity contribution < 1.29 is 9.13 Å². The van der Waals surface area contributed by atoms with E-state index < -0.39 is 0 Å². The van der Waals surface area contributed by atoms with Crippen LogP contribution in [0.5, 0.6) is 5.75 Å². The molecule has 1 aromatic rings. The van der Waals surface area contributed by atoms with E-state index in [4.69, 9.17) is 10.6 Å². The molecule has 1 rings (SSSR count). The Kier molecular flexibility index (Phi) is 4.48. The summed E-state index contributed by atoms with van der Waals surface area (Å²) in [6.07, 6.45) is 0.795. The summed E-state index contributed by atoms with van der Waals surface area (Å²) in [7, 11) is 1.57. The van der Waals surface area contributed by atoms with Gasteiger partial charge in [-0.3, -0.25) is 11.3 Å². The number of methoxy groups -OCH3 is 1. The number of hydrazine groups is 1. The van der Waals surface area contributed by atoms with E-state index in [0.717, 1.165) is 12.0 Å². The summed E-state index contributed by atoms with van der Waals surface area (Å²) in [6.45, 7) is 6.34. The van der Waals surface area contributed by atoms with Crippen molar-refractivity contribution in [1.82, 2.24) is 5.43 Å². The van der Waals surface area contributed by atoms with Crippen molar-refractivity contribution >= 4 is 0 Å². The summed E-state index contributed by atoms with van der Waals surface area (Å²) >= 11 is 0.